The number of rotatable bonds is 4. The Bertz CT molecular complexity index is 435. The molecular formula is C13H16Br3NOS. The summed E-state index contributed by atoms with van der Waals surface area (Å²) in [7, 11) is 0. The van der Waals surface area contributed by atoms with Gasteiger partial charge in [0.05, 0.1) is 8.66 Å². The van der Waals surface area contributed by atoms with Gasteiger partial charge in [0, 0.05) is 16.3 Å². The van der Waals surface area contributed by atoms with Gasteiger partial charge in [-0.3, -0.25) is 4.79 Å². The zero-order valence-electron chi connectivity index (χ0n) is 10.5. The fraction of sp³-hybridized carbons (Fsp3) is 0.615. The van der Waals surface area contributed by atoms with Gasteiger partial charge >= 0.3 is 0 Å². The summed E-state index contributed by atoms with van der Waals surface area (Å²) < 4.78 is 1.90. The molecule has 0 saturated heterocycles. The molecule has 1 aromatic rings. The summed E-state index contributed by atoms with van der Waals surface area (Å²) in [5.41, 5.74) is 0.250. The minimum absolute atomic E-state index is 0.0299. The van der Waals surface area contributed by atoms with Crippen molar-refractivity contribution in [2.45, 2.75) is 32.1 Å². The molecule has 1 amide bonds. The van der Waals surface area contributed by atoms with Crippen LogP contribution in [-0.2, 0) is 0 Å². The second-order valence-corrected chi connectivity index (χ2v) is 8.89. The Hall–Kier alpha value is 0.610. The summed E-state index contributed by atoms with van der Waals surface area (Å²) in [6, 6.07) is 1.87. The van der Waals surface area contributed by atoms with E-state index in [4.69, 9.17) is 0 Å². The molecule has 1 N–H and O–H groups in total. The highest BCUT2D eigenvalue weighted by atomic mass is 79.9. The lowest BCUT2D eigenvalue weighted by Crippen LogP contribution is -2.40. The van der Waals surface area contributed by atoms with Crippen LogP contribution in [0.1, 0.15) is 41.8 Å². The fourth-order valence-electron chi connectivity index (χ4n) is 2.47. The largest absolute Gasteiger partial charge is 0.351 e. The van der Waals surface area contributed by atoms with Gasteiger partial charge in [-0.2, -0.15) is 0 Å². The van der Waals surface area contributed by atoms with Gasteiger partial charge in [-0.1, -0.05) is 35.2 Å². The number of hydrogen-bond acceptors (Lipinski definition) is 2. The van der Waals surface area contributed by atoms with Gasteiger partial charge in [-0.05, 0) is 56.2 Å². The second kappa shape index (κ2) is 7.05. The molecule has 1 heterocycles. The smallest absolute Gasteiger partial charge is 0.261 e. The minimum Gasteiger partial charge on any atom is -0.351 e. The molecule has 2 rings (SSSR count). The third-order valence-electron chi connectivity index (χ3n) is 3.69. The van der Waals surface area contributed by atoms with Crippen molar-refractivity contribution >= 4 is 65.0 Å². The monoisotopic (exact) mass is 471 g/mol. The molecule has 0 aliphatic heterocycles. The van der Waals surface area contributed by atoms with Crippen LogP contribution in [0.25, 0.3) is 0 Å². The fourth-order valence-corrected chi connectivity index (χ4v) is 5.18. The van der Waals surface area contributed by atoms with E-state index in [1.54, 1.807) is 0 Å². The number of carbonyl (C=O) groups excluding carboxylic acids is 1. The van der Waals surface area contributed by atoms with E-state index in [0.29, 0.717) is 0 Å². The first-order chi connectivity index (χ1) is 9.06. The molecular weight excluding hydrogens is 458 g/mol. The maximum absolute atomic E-state index is 12.2. The molecule has 1 aliphatic carbocycles. The molecule has 0 spiro atoms. The minimum atomic E-state index is 0.0299. The molecule has 0 unspecified atom stereocenters. The molecule has 2 nitrogen and oxygen atoms in total. The van der Waals surface area contributed by atoms with Crippen molar-refractivity contribution in [3.63, 3.8) is 0 Å². The van der Waals surface area contributed by atoms with Crippen molar-refractivity contribution in [1.82, 2.24) is 5.32 Å². The van der Waals surface area contributed by atoms with Crippen LogP contribution in [0.2, 0.25) is 0 Å². The van der Waals surface area contributed by atoms with Gasteiger partial charge < -0.3 is 5.32 Å². The molecule has 0 bridgehead atoms. The van der Waals surface area contributed by atoms with Crippen molar-refractivity contribution in [2.24, 2.45) is 5.41 Å². The topological polar surface area (TPSA) is 29.1 Å². The van der Waals surface area contributed by atoms with Crippen molar-refractivity contribution in [3.8, 4) is 0 Å². The zero-order chi connectivity index (χ0) is 13.9. The summed E-state index contributed by atoms with van der Waals surface area (Å²) in [4.78, 5) is 12.9. The Morgan fingerprint density at radius 2 is 2.00 bits per heavy atom. The molecule has 0 radical (unpaired) electrons. The summed E-state index contributed by atoms with van der Waals surface area (Å²) in [6.45, 7) is 0.768. The summed E-state index contributed by atoms with van der Waals surface area (Å²) in [6.07, 6.45) is 6.29. The van der Waals surface area contributed by atoms with Gasteiger partial charge in [-0.25, -0.2) is 0 Å². The van der Waals surface area contributed by atoms with Gasteiger partial charge in [0.15, 0.2) is 0 Å². The molecule has 19 heavy (non-hydrogen) atoms. The van der Waals surface area contributed by atoms with Crippen LogP contribution in [0, 0.1) is 5.41 Å². The van der Waals surface area contributed by atoms with Gasteiger partial charge in [0.25, 0.3) is 5.91 Å². The molecule has 1 aromatic heterocycles. The van der Waals surface area contributed by atoms with Crippen molar-refractivity contribution in [3.05, 3.63) is 19.2 Å². The van der Waals surface area contributed by atoms with E-state index in [1.165, 1.54) is 43.4 Å². The predicted molar refractivity (Wildman–Crippen MR) is 91.4 cm³/mol. The summed E-state index contributed by atoms with van der Waals surface area (Å²) in [5.74, 6) is 0.0299. The van der Waals surface area contributed by atoms with E-state index in [9.17, 15) is 4.79 Å². The number of carbonyl (C=O) groups is 1. The van der Waals surface area contributed by atoms with E-state index in [0.717, 1.165) is 25.0 Å². The lowest BCUT2D eigenvalue weighted by atomic mass is 9.75. The molecule has 1 fully saturated rings. The Balaban J connectivity index is 1.95. The zero-order valence-corrected chi connectivity index (χ0v) is 16.1. The maximum atomic E-state index is 12.2. The molecule has 1 aliphatic rings. The Kier molecular flexibility index (Phi) is 5.93. The lowest BCUT2D eigenvalue weighted by Gasteiger charge is -2.35. The summed E-state index contributed by atoms with van der Waals surface area (Å²) >= 11 is 11.9. The average Bonchev–Trinajstić information content (AvgIpc) is 2.77. The Morgan fingerprint density at radius 1 is 1.32 bits per heavy atom. The Labute approximate surface area is 143 Å². The van der Waals surface area contributed by atoms with Crippen LogP contribution in [0.4, 0.5) is 0 Å². The van der Waals surface area contributed by atoms with Gasteiger partial charge in [-0.15, -0.1) is 11.3 Å². The van der Waals surface area contributed by atoms with Crippen LogP contribution in [0.15, 0.2) is 14.3 Å². The quantitative estimate of drug-likeness (QED) is 0.587. The van der Waals surface area contributed by atoms with E-state index in [1.807, 2.05) is 6.07 Å². The maximum Gasteiger partial charge on any atom is 0.261 e. The number of thiophene rings is 1. The number of alkyl halides is 1. The predicted octanol–water partition coefficient (Wildman–Crippen LogP) is 5.35. The van der Waals surface area contributed by atoms with Crippen molar-refractivity contribution < 1.29 is 4.79 Å². The lowest BCUT2D eigenvalue weighted by molar-refractivity contribution is 0.0926. The molecule has 106 valence electrons. The molecule has 0 aromatic carbocycles. The molecule has 6 heteroatoms. The first kappa shape index (κ1) is 16.0. The highest BCUT2D eigenvalue weighted by Crippen LogP contribution is 2.37. The van der Waals surface area contributed by atoms with Crippen molar-refractivity contribution in [2.75, 3.05) is 11.9 Å². The number of halogens is 3. The van der Waals surface area contributed by atoms with E-state index in [2.05, 4.69) is 53.1 Å². The number of hydrogen-bond donors (Lipinski definition) is 1. The normalized spacial score (nSPS) is 18.3. The molecule has 1 saturated carbocycles. The van der Waals surface area contributed by atoms with Crippen molar-refractivity contribution in [1.29, 1.82) is 0 Å². The molecule has 0 atom stereocenters. The number of amides is 1. The van der Waals surface area contributed by atoms with Gasteiger partial charge in [0.1, 0.15) is 0 Å². The Morgan fingerprint density at radius 3 is 2.53 bits per heavy atom. The van der Waals surface area contributed by atoms with E-state index in [-0.39, 0.29) is 11.3 Å². The van der Waals surface area contributed by atoms with Crippen LogP contribution < -0.4 is 5.32 Å². The first-order valence-corrected chi connectivity index (χ1v) is 9.88. The van der Waals surface area contributed by atoms with Crippen LogP contribution in [0.5, 0.6) is 0 Å². The highest BCUT2D eigenvalue weighted by Gasteiger charge is 2.31. The van der Waals surface area contributed by atoms with Crippen LogP contribution >= 0.6 is 59.1 Å². The van der Waals surface area contributed by atoms with Crippen LogP contribution in [-0.4, -0.2) is 17.8 Å². The third kappa shape index (κ3) is 4.05. The van der Waals surface area contributed by atoms with Crippen LogP contribution in [0.3, 0.4) is 0 Å². The standard InChI is InChI=1S/C13H16Br3NOS/c14-7-13(4-2-1-3-5-13)8-17-12(18)10-6-9(15)11(16)19-10/h6H,1-5,7-8H2,(H,17,18). The average molecular weight is 474 g/mol. The van der Waals surface area contributed by atoms with E-state index < -0.39 is 0 Å². The second-order valence-electron chi connectivity index (χ2n) is 5.11. The highest BCUT2D eigenvalue weighted by molar-refractivity contribution is 9.13. The van der Waals surface area contributed by atoms with E-state index >= 15 is 0 Å². The van der Waals surface area contributed by atoms with Gasteiger partial charge in [0.2, 0.25) is 0 Å². The SMILES string of the molecule is O=C(NCC1(CBr)CCCCC1)c1cc(Br)c(Br)s1. The summed E-state index contributed by atoms with van der Waals surface area (Å²) in [5, 5.41) is 4.07. The first-order valence-electron chi connectivity index (χ1n) is 6.35. The third-order valence-corrected chi connectivity index (χ3v) is 8.14. The number of nitrogens with one attached hydrogen (secondary N) is 1.